The minimum atomic E-state index is -3.60. The Morgan fingerprint density at radius 1 is 1.17 bits per heavy atom. The highest BCUT2D eigenvalue weighted by atomic mass is 32.2. The molecule has 2 amide bonds. The number of amides is 2. The van der Waals surface area contributed by atoms with Gasteiger partial charge in [-0.3, -0.25) is 9.59 Å². The van der Waals surface area contributed by atoms with Crippen LogP contribution in [0.5, 0.6) is 0 Å². The molecule has 2 N–H and O–H groups in total. The zero-order chi connectivity index (χ0) is 21.7. The second-order valence-corrected chi connectivity index (χ2v) is 10.4. The third-order valence-corrected chi connectivity index (χ3v) is 8.09. The summed E-state index contributed by atoms with van der Waals surface area (Å²) in [6.45, 7) is 4.22. The molecule has 0 spiro atoms. The van der Waals surface area contributed by atoms with Crippen molar-refractivity contribution in [2.24, 2.45) is 0 Å². The van der Waals surface area contributed by atoms with Crippen LogP contribution in [0.25, 0.3) is 0 Å². The average molecular weight is 450 g/mol. The number of carbonyl (C=O) groups is 2. The second-order valence-electron chi connectivity index (χ2n) is 7.47. The molecule has 7 nitrogen and oxygen atoms in total. The molecule has 162 valence electrons. The van der Waals surface area contributed by atoms with Crippen LogP contribution >= 0.6 is 11.3 Å². The molecule has 0 radical (unpaired) electrons. The molecule has 2 aromatic rings. The number of anilines is 1. The third-order valence-electron chi connectivity index (χ3n) is 5.06. The van der Waals surface area contributed by atoms with Crippen molar-refractivity contribution in [1.82, 2.24) is 9.62 Å². The van der Waals surface area contributed by atoms with Gasteiger partial charge in [-0.2, -0.15) is 4.31 Å². The first-order chi connectivity index (χ1) is 14.3. The summed E-state index contributed by atoms with van der Waals surface area (Å²) in [4.78, 5) is 25.3. The van der Waals surface area contributed by atoms with Gasteiger partial charge in [0.1, 0.15) is 0 Å². The van der Waals surface area contributed by atoms with Crippen LogP contribution in [0.15, 0.2) is 40.6 Å². The van der Waals surface area contributed by atoms with E-state index in [1.807, 2.05) is 17.5 Å². The maximum absolute atomic E-state index is 13.1. The summed E-state index contributed by atoms with van der Waals surface area (Å²) in [5.41, 5.74) is 1.07. The van der Waals surface area contributed by atoms with Crippen LogP contribution in [-0.4, -0.2) is 37.6 Å². The fourth-order valence-corrected chi connectivity index (χ4v) is 6.10. The predicted molar refractivity (Wildman–Crippen MR) is 118 cm³/mol. The summed E-state index contributed by atoms with van der Waals surface area (Å²) in [5, 5.41) is 7.47. The quantitative estimate of drug-likeness (QED) is 0.677. The van der Waals surface area contributed by atoms with Gasteiger partial charge < -0.3 is 10.6 Å². The van der Waals surface area contributed by atoms with E-state index in [0.717, 1.165) is 24.1 Å². The van der Waals surface area contributed by atoms with E-state index in [1.165, 1.54) is 28.6 Å². The Bertz CT molecular complexity index is 997. The van der Waals surface area contributed by atoms with Gasteiger partial charge in [0.25, 0.3) is 0 Å². The molecule has 1 aromatic heterocycles. The van der Waals surface area contributed by atoms with E-state index in [0.29, 0.717) is 24.3 Å². The molecule has 0 saturated carbocycles. The van der Waals surface area contributed by atoms with Crippen molar-refractivity contribution in [3.8, 4) is 0 Å². The van der Waals surface area contributed by atoms with Crippen molar-refractivity contribution in [2.75, 3.05) is 18.4 Å². The van der Waals surface area contributed by atoms with Gasteiger partial charge in [-0.05, 0) is 48.9 Å². The molecule has 1 aliphatic heterocycles. The van der Waals surface area contributed by atoms with Crippen LogP contribution in [0.3, 0.4) is 0 Å². The first-order valence-corrected chi connectivity index (χ1v) is 12.3. The Morgan fingerprint density at radius 3 is 2.53 bits per heavy atom. The zero-order valence-corrected chi connectivity index (χ0v) is 18.8. The molecule has 0 aliphatic carbocycles. The number of piperidine rings is 1. The van der Waals surface area contributed by atoms with E-state index < -0.39 is 16.1 Å². The highest BCUT2D eigenvalue weighted by Gasteiger charge is 2.28. The van der Waals surface area contributed by atoms with Gasteiger partial charge in [0.05, 0.1) is 17.4 Å². The number of nitrogens with zero attached hydrogens (tertiary/aromatic N) is 1. The summed E-state index contributed by atoms with van der Waals surface area (Å²) >= 11 is 1.47. The van der Waals surface area contributed by atoms with Crippen LogP contribution in [0.1, 0.15) is 49.1 Å². The summed E-state index contributed by atoms with van der Waals surface area (Å²) in [7, 11) is -3.60. The molecule has 30 heavy (non-hydrogen) atoms. The van der Waals surface area contributed by atoms with Gasteiger partial charge in [-0.15, -0.1) is 11.3 Å². The van der Waals surface area contributed by atoms with Crippen LogP contribution in [0, 0.1) is 6.92 Å². The summed E-state index contributed by atoms with van der Waals surface area (Å²) in [5.74, 6) is -0.515. The first kappa shape index (κ1) is 22.5. The van der Waals surface area contributed by atoms with E-state index in [2.05, 4.69) is 10.6 Å². The monoisotopic (exact) mass is 449 g/mol. The highest BCUT2D eigenvalue weighted by molar-refractivity contribution is 7.89. The summed E-state index contributed by atoms with van der Waals surface area (Å²) in [6, 6.07) is 8.23. The minimum Gasteiger partial charge on any atom is -0.348 e. The van der Waals surface area contributed by atoms with Crippen molar-refractivity contribution in [3.05, 3.63) is 46.2 Å². The zero-order valence-electron chi connectivity index (χ0n) is 17.2. The number of hydrogen-bond acceptors (Lipinski definition) is 5. The molecule has 9 heteroatoms. The third kappa shape index (κ3) is 5.47. The van der Waals surface area contributed by atoms with E-state index in [-0.39, 0.29) is 23.1 Å². The molecule has 1 aromatic carbocycles. The molecule has 1 atom stereocenters. The fourth-order valence-electron chi connectivity index (χ4n) is 3.56. The Kier molecular flexibility index (Phi) is 7.27. The van der Waals surface area contributed by atoms with Gasteiger partial charge in [0.15, 0.2) is 0 Å². The smallest absolute Gasteiger partial charge is 0.243 e. The lowest BCUT2D eigenvalue weighted by Gasteiger charge is -2.26. The van der Waals surface area contributed by atoms with Crippen LogP contribution in [0.4, 0.5) is 5.69 Å². The molecule has 1 fully saturated rings. The normalized spacial score (nSPS) is 16.1. The van der Waals surface area contributed by atoms with E-state index in [4.69, 9.17) is 0 Å². The van der Waals surface area contributed by atoms with E-state index in [9.17, 15) is 18.0 Å². The number of nitrogens with one attached hydrogen (secondary N) is 2. The molecule has 1 unspecified atom stereocenters. The number of hydrogen-bond donors (Lipinski definition) is 2. The van der Waals surface area contributed by atoms with Gasteiger partial charge >= 0.3 is 0 Å². The number of carbonyl (C=O) groups excluding carboxylic acids is 2. The molecule has 1 saturated heterocycles. The maximum Gasteiger partial charge on any atom is 0.243 e. The first-order valence-electron chi connectivity index (χ1n) is 9.98. The van der Waals surface area contributed by atoms with Crippen LogP contribution in [-0.2, 0) is 19.6 Å². The number of rotatable bonds is 7. The van der Waals surface area contributed by atoms with Gasteiger partial charge in [-0.25, -0.2) is 8.42 Å². The number of aryl methyl sites for hydroxylation is 1. The lowest BCUT2D eigenvalue weighted by molar-refractivity contribution is -0.120. The van der Waals surface area contributed by atoms with Crippen LogP contribution in [0.2, 0.25) is 0 Å². The highest BCUT2D eigenvalue weighted by Crippen LogP contribution is 2.27. The van der Waals surface area contributed by atoms with Crippen molar-refractivity contribution in [3.63, 3.8) is 0 Å². The largest absolute Gasteiger partial charge is 0.348 e. The fraction of sp³-hybridized carbons (Fsp3) is 0.429. The SMILES string of the molecule is CC(=O)NC(CC(=O)Nc1ccc(C)c(S(=O)(=O)N2CCCCC2)c1)c1cccs1. The van der Waals surface area contributed by atoms with E-state index >= 15 is 0 Å². The Balaban J connectivity index is 1.75. The van der Waals surface area contributed by atoms with Crippen molar-refractivity contribution in [2.45, 2.75) is 50.5 Å². The van der Waals surface area contributed by atoms with Crippen molar-refractivity contribution >= 4 is 38.9 Å². The topological polar surface area (TPSA) is 95.6 Å². The number of benzene rings is 1. The molecule has 3 rings (SSSR count). The minimum absolute atomic E-state index is 0.0577. The Morgan fingerprint density at radius 2 is 1.90 bits per heavy atom. The van der Waals surface area contributed by atoms with Gasteiger partial charge in [0.2, 0.25) is 21.8 Å². The Hall–Kier alpha value is -2.23. The Labute approximate surface area is 181 Å². The molecule has 0 bridgehead atoms. The average Bonchev–Trinajstić information content (AvgIpc) is 3.24. The molecular formula is C21H27N3O4S2. The number of thiophene rings is 1. The van der Waals surface area contributed by atoms with Crippen molar-refractivity contribution in [1.29, 1.82) is 0 Å². The summed E-state index contributed by atoms with van der Waals surface area (Å²) in [6.07, 6.45) is 2.83. The predicted octanol–water partition coefficient (Wildman–Crippen LogP) is 3.44. The summed E-state index contributed by atoms with van der Waals surface area (Å²) < 4.78 is 27.7. The number of sulfonamides is 1. The second kappa shape index (κ2) is 9.72. The van der Waals surface area contributed by atoms with Gasteiger partial charge in [0, 0.05) is 30.6 Å². The lowest BCUT2D eigenvalue weighted by atomic mass is 10.1. The van der Waals surface area contributed by atoms with Gasteiger partial charge in [-0.1, -0.05) is 18.6 Å². The van der Waals surface area contributed by atoms with E-state index in [1.54, 1.807) is 19.1 Å². The molecule has 2 heterocycles. The maximum atomic E-state index is 13.1. The van der Waals surface area contributed by atoms with Crippen LogP contribution < -0.4 is 10.6 Å². The lowest BCUT2D eigenvalue weighted by Crippen LogP contribution is -2.36. The molecular weight excluding hydrogens is 422 g/mol. The molecule has 1 aliphatic rings. The van der Waals surface area contributed by atoms with Crippen molar-refractivity contribution < 1.29 is 18.0 Å². The standard InChI is InChI=1S/C21H27N3O4S2/c1-15-8-9-17(13-20(15)30(27,28)24-10-4-3-5-11-24)23-21(26)14-18(22-16(2)25)19-7-6-12-29-19/h6-9,12-13,18H,3-5,10-11,14H2,1-2H3,(H,22,25)(H,23,26).